The molecule has 1 unspecified atom stereocenters. The van der Waals surface area contributed by atoms with Crippen LogP contribution in [-0.2, 0) is 20.2 Å². The molecular weight excluding hydrogens is 454 g/mol. The second kappa shape index (κ2) is 10.4. The van der Waals surface area contributed by atoms with Gasteiger partial charge in [-0.15, -0.1) is 4.36 Å². The fourth-order valence-electron chi connectivity index (χ4n) is 2.90. The van der Waals surface area contributed by atoms with Crippen molar-refractivity contribution in [1.82, 2.24) is 15.0 Å². The number of halogens is 1. The Labute approximate surface area is 191 Å². The van der Waals surface area contributed by atoms with Crippen molar-refractivity contribution in [2.24, 2.45) is 4.36 Å². The lowest BCUT2D eigenvalue weighted by atomic mass is 10.2. The Morgan fingerprint density at radius 1 is 1.22 bits per heavy atom. The van der Waals surface area contributed by atoms with Crippen LogP contribution in [0.1, 0.15) is 12.5 Å². The van der Waals surface area contributed by atoms with E-state index in [9.17, 15) is 9.00 Å². The lowest BCUT2D eigenvalue weighted by Crippen LogP contribution is -2.07. The molecule has 0 saturated heterocycles. The van der Waals surface area contributed by atoms with Gasteiger partial charge < -0.3 is 14.8 Å². The van der Waals surface area contributed by atoms with Crippen molar-refractivity contribution >= 4 is 39.1 Å². The maximum Gasteiger partial charge on any atom is 0.441 e. The van der Waals surface area contributed by atoms with Gasteiger partial charge in [-0.3, -0.25) is 0 Å². The van der Waals surface area contributed by atoms with Crippen molar-refractivity contribution in [3.05, 3.63) is 59.4 Å². The number of aromatic nitrogens is 3. The molecule has 0 spiro atoms. The molecule has 2 aromatic carbocycles. The van der Waals surface area contributed by atoms with Gasteiger partial charge in [0.15, 0.2) is 5.82 Å². The van der Waals surface area contributed by atoms with Crippen molar-refractivity contribution in [2.75, 3.05) is 25.3 Å². The van der Waals surface area contributed by atoms with Crippen molar-refractivity contribution in [2.45, 2.75) is 12.7 Å². The molecule has 1 heterocycles. The van der Waals surface area contributed by atoms with E-state index >= 15 is 0 Å². The van der Waals surface area contributed by atoms with Gasteiger partial charge in [0.05, 0.1) is 39.8 Å². The third-order valence-corrected chi connectivity index (χ3v) is 5.84. The third kappa shape index (κ3) is 6.14. The van der Waals surface area contributed by atoms with Crippen molar-refractivity contribution in [1.29, 1.82) is 0 Å². The Morgan fingerprint density at radius 2 is 2.00 bits per heavy atom. The zero-order valence-corrected chi connectivity index (χ0v) is 19.3. The zero-order valence-electron chi connectivity index (χ0n) is 17.7. The molecule has 32 heavy (non-hydrogen) atoms. The quantitative estimate of drug-likeness (QED) is 0.522. The average molecular weight is 476 g/mol. The number of amides is 1. The van der Waals surface area contributed by atoms with Gasteiger partial charge in [-0.25, -0.2) is 19.0 Å². The Morgan fingerprint density at radius 3 is 2.75 bits per heavy atom. The van der Waals surface area contributed by atoms with E-state index in [2.05, 4.69) is 24.6 Å². The Bertz CT molecular complexity index is 1240. The molecule has 9 nitrogen and oxygen atoms in total. The molecule has 11 heteroatoms. The van der Waals surface area contributed by atoms with E-state index in [1.807, 2.05) is 6.07 Å². The van der Waals surface area contributed by atoms with Gasteiger partial charge >= 0.3 is 6.09 Å². The number of rotatable bonds is 7. The maximum atomic E-state index is 12.7. The minimum Gasteiger partial charge on any atom is -0.494 e. The third-order valence-electron chi connectivity index (χ3n) is 4.14. The van der Waals surface area contributed by atoms with Crippen molar-refractivity contribution in [3.63, 3.8) is 0 Å². The molecule has 0 aliphatic carbocycles. The van der Waals surface area contributed by atoms with Gasteiger partial charge in [-0.05, 0) is 36.8 Å². The van der Waals surface area contributed by atoms with E-state index in [0.717, 1.165) is 5.56 Å². The van der Waals surface area contributed by atoms with E-state index in [0.29, 0.717) is 33.8 Å². The van der Waals surface area contributed by atoms with Crippen LogP contribution in [0.25, 0.3) is 11.4 Å². The fourth-order valence-corrected chi connectivity index (χ4v) is 4.38. The highest BCUT2D eigenvalue weighted by molar-refractivity contribution is 7.92. The summed E-state index contributed by atoms with van der Waals surface area (Å²) in [7, 11) is -1.27. The minimum atomic E-state index is -2.80. The number of hydrogen-bond acceptors (Lipinski definition) is 8. The van der Waals surface area contributed by atoms with Gasteiger partial charge in [-0.2, -0.15) is 4.98 Å². The fraction of sp³-hybridized carbons (Fsp3) is 0.238. The first-order chi connectivity index (χ1) is 15.3. The van der Waals surface area contributed by atoms with Crippen LogP contribution in [0.3, 0.4) is 0 Å². The molecule has 0 bridgehead atoms. The van der Waals surface area contributed by atoms with Crippen LogP contribution < -0.4 is 10.1 Å². The number of carbonyl (C=O) groups excluding carboxylic acids is 1. The average Bonchev–Trinajstić information content (AvgIpc) is 2.73. The lowest BCUT2D eigenvalue weighted by molar-refractivity contribution is 0.164. The summed E-state index contributed by atoms with van der Waals surface area (Å²) in [5.41, 5.74) is 2.02. The van der Waals surface area contributed by atoms with E-state index in [-0.39, 0.29) is 12.4 Å². The van der Waals surface area contributed by atoms with Crippen molar-refractivity contribution < 1.29 is 18.5 Å². The molecule has 1 N–H and O–H groups in total. The number of para-hydroxylation sites is 1. The van der Waals surface area contributed by atoms with Crippen molar-refractivity contribution in [3.8, 4) is 17.1 Å². The number of ether oxygens (including phenoxy) is 2. The van der Waals surface area contributed by atoms with Crippen LogP contribution in [0.15, 0.2) is 53.2 Å². The van der Waals surface area contributed by atoms with E-state index < -0.39 is 15.8 Å². The van der Waals surface area contributed by atoms with E-state index in [4.69, 9.17) is 21.1 Å². The van der Waals surface area contributed by atoms with Gasteiger partial charge in [0.25, 0.3) is 0 Å². The number of nitrogens with one attached hydrogen (secondary N) is 1. The molecule has 3 aromatic rings. The van der Waals surface area contributed by atoms with Gasteiger partial charge in [0.1, 0.15) is 12.1 Å². The summed E-state index contributed by atoms with van der Waals surface area (Å²) in [5, 5.41) is 3.55. The highest BCUT2D eigenvalue weighted by Gasteiger charge is 2.13. The second-order valence-corrected chi connectivity index (χ2v) is 9.47. The molecule has 1 atom stereocenters. The molecule has 0 fully saturated rings. The summed E-state index contributed by atoms with van der Waals surface area (Å²) < 4.78 is 26.4. The smallest absolute Gasteiger partial charge is 0.441 e. The van der Waals surface area contributed by atoms with Gasteiger partial charge in [0.2, 0.25) is 5.95 Å². The second-order valence-electron chi connectivity index (χ2n) is 6.67. The van der Waals surface area contributed by atoms with E-state index in [1.165, 1.54) is 19.7 Å². The first kappa shape index (κ1) is 23.4. The van der Waals surface area contributed by atoms with Crippen LogP contribution in [0.4, 0.5) is 16.4 Å². The Balaban J connectivity index is 1.83. The number of hydrogen-bond donors (Lipinski definition) is 1. The predicted molar refractivity (Wildman–Crippen MR) is 124 cm³/mol. The molecule has 0 aliphatic heterocycles. The predicted octanol–water partition coefficient (Wildman–Crippen LogP) is 4.70. The van der Waals surface area contributed by atoms with Crippen LogP contribution >= 0.6 is 11.6 Å². The summed E-state index contributed by atoms with van der Waals surface area (Å²) in [6.45, 7) is 1.83. The first-order valence-corrected chi connectivity index (χ1v) is 12.0. The maximum absolute atomic E-state index is 12.7. The lowest BCUT2D eigenvalue weighted by Gasteiger charge is -2.11. The number of nitrogens with zero attached hydrogens (tertiary/aromatic N) is 4. The van der Waals surface area contributed by atoms with Crippen LogP contribution in [-0.4, -0.2) is 45.2 Å². The zero-order chi connectivity index (χ0) is 23.1. The molecule has 0 aliphatic rings. The Hall–Kier alpha value is -3.24. The normalized spacial score (nSPS) is 12.5. The minimum absolute atomic E-state index is 0.0868. The summed E-state index contributed by atoms with van der Waals surface area (Å²) in [5.74, 6) is 1.26. The number of methoxy groups -OCH3 is 1. The largest absolute Gasteiger partial charge is 0.494 e. The number of carbonyl (C=O) groups is 1. The molecule has 0 saturated carbocycles. The van der Waals surface area contributed by atoms with Crippen LogP contribution in [0, 0.1) is 0 Å². The molecular formula is C21H22ClN5O4S. The van der Waals surface area contributed by atoms with Gasteiger partial charge in [-0.1, -0.05) is 29.8 Å². The molecule has 0 radical (unpaired) electrons. The Kier molecular flexibility index (Phi) is 7.60. The summed E-state index contributed by atoms with van der Waals surface area (Å²) in [6.07, 6.45) is 1.97. The molecule has 1 amide bonds. The number of benzene rings is 2. The topological polar surface area (TPSA) is 116 Å². The number of anilines is 2. The SMILES string of the molecule is CCOC(=O)N=S(C)(=O)Cc1cccc(Nc2ncnc(-c3cccc(Cl)c3OC)n2)c1. The summed E-state index contributed by atoms with van der Waals surface area (Å²) in [6, 6.07) is 12.5. The standard InChI is InChI=1S/C21H22ClN5O4S/c1-4-31-21(28)27-32(3,29)12-14-7-5-8-15(11-14)25-20-24-13-23-19(26-20)16-9-6-10-17(22)18(16)30-2/h5-11,13H,4,12H2,1-3H3,(H,23,24,25,26). The molecule has 3 rings (SSSR count). The molecule has 168 valence electrons. The van der Waals surface area contributed by atoms with Crippen LogP contribution in [0.2, 0.25) is 5.02 Å². The summed E-state index contributed by atoms with van der Waals surface area (Å²) >= 11 is 6.20. The van der Waals surface area contributed by atoms with Gasteiger partial charge in [0, 0.05) is 11.9 Å². The molecule has 1 aromatic heterocycles. The highest BCUT2D eigenvalue weighted by Crippen LogP contribution is 2.34. The first-order valence-electron chi connectivity index (χ1n) is 9.55. The summed E-state index contributed by atoms with van der Waals surface area (Å²) in [4.78, 5) is 24.4. The van der Waals surface area contributed by atoms with Crippen LogP contribution in [0.5, 0.6) is 5.75 Å². The monoisotopic (exact) mass is 475 g/mol. The van der Waals surface area contributed by atoms with E-state index in [1.54, 1.807) is 43.3 Å². The highest BCUT2D eigenvalue weighted by atomic mass is 35.5.